The summed E-state index contributed by atoms with van der Waals surface area (Å²) >= 11 is 5.25. The number of nitrogens with zero attached hydrogens (tertiary/aromatic N) is 1. The highest BCUT2D eigenvalue weighted by atomic mass is 32.2. The molecule has 0 aliphatic heterocycles. The van der Waals surface area contributed by atoms with E-state index >= 15 is 0 Å². The number of sulfonamides is 1. The zero-order chi connectivity index (χ0) is 17.7. The smallest absolute Gasteiger partial charge is 0.242 e. The van der Waals surface area contributed by atoms with Gasteiger partial charge in [0, 0.05) is 31.0 Å². The maximum Gasteiger partial charge on any atom is 0.242 e. The molecule has 0 saturated carbocycles. The van der Waals surface area contributed by atoms with Gasteiger partial charge >= 0.3 is 0 Å². The number of hydrogen-bond acceptors (Lipinski definition) is 4. The van der Waals surface area contributed by atoms with Gasteiger partial charge < -0.3 is 15.7 Å². The molecule has 0 fully saturated rings. The summed E-state index contributed by atoms with van der Waals surface area (Å²) < 4.78 is 25.5. The topological polar surface area (TPSA) is 81.7 Å². The van der Waals surface area contributed by atoms with Crippen molar-refractivity contribution in [3.63, 3.8) is 0 Å². The standard InChI is InChI=1S/C16H19N3O3S2/c1-19(2)24(21,22)14-8-5-7-13(10-14)17-16(23)18-15-9-4-3-6-12(15)11-20/h3-10,20H,11H2,1-2H3,(H2,17,18,23). The summed E-state index contributed by atoms with van der Waals surface area (Å²) in [5, 5.41) is 15.6. The molecule has 0 bridgehead atoms. The summed E-state index contributed by atoms with van der Waals surface area (Å²) in [6.07, 6.45) is 0. The SMILES string of the molecule is CN(C)S(=O)(=O)c1cccc(NC(=S)Nc2ccccc2CO)c1. The number of hydrogen-bond donors (Lipinski definition) is 3. The van der Waals surface area contributed by atoms with Crippen LogP contribution in [0.15, 0.2) is 53.4 Å². The Hall–Kier alpha value is -2.00. The molecule has 24 heavy (non-hydrogen) atoms. The van der Waals surface area contributed by atoms with Crippen molar-refractivity contribution in [3.05, 3.63) is 54.1 Å². The molecular formula is C16H19N3O3S2. The number of thiocarbonyl (C=S) groups is 1. The molecule has 0 atom stereocenters. The van der Waals surface area contributed by atoms with Crippen molar-refractivity contribution in [2.75, 3.05) is 24.7 Å². The van der Waals surface area contributed by atoms with Crippen molar-refractivity contribution in [2.24, 2.45) is 0 Å². The van der Waals surface area contributed by atoms with Crippen LogP contribution in [0.25, 0.3) is 0 Å². The second kappa shape index (κ2) is 7.71. The van der Waals surface area contributed by atoms with Crippen LogP contribution >= 0.6 is 12.2 Å². The van der Waals surface area contributed by atoms with Crippen LogP contribution in [0.2, 0.25) is 0 Å². The molecule has 128 valence electrons. The number of benzene rings is 2. The van der Waals surface area contributed by atoms with Gasteiger partial charge in [0.1, 0.15) is 0 Å². The van der Waals surface area contributed by atoms with E-state index in [0.29, 0.717) is 22.1 Å². The number of rotatable bonds is 5. The van der Waals surface area contributed by atoms with Crippen molar-refractivity contribution >= 4 is 38.7 Å². The Labute approximate surface area is 147 Å². The van der Waals surface area contributed by atoms with Crippen LogP contribution in [-0.4, -0.2) is 37.0 Å². The molecule has 2 aromatic carbocycles. The minimum Gasteiger partial charge on any atom is -0.392 e. The van der Waals surface area contributed by atoms with Gasteiger partial charge in [-0.15, -0.1) is 0 Å². The van der Waals surface area contributed by atoms with E-state index in [1.54, 1.807) is 24.3 Å². The number of aliphatic hydroxyl groups excluding tert-OH is 1. The first-order chi connectivity index (χ1) is 11.3. The number of aliphatic hydroxyl groups is 1. The average Bonchev–Trinajstić information content (AvgIpc) is 2.55. The fraction of sp³-hybridized carbons (Fsp3) is 0.188. The third kappa shape index (κ3) is 4.30. The van der Waals surface area contributed by atoms with Crippen molar-refractivity contribution in [3.8, 4) is 0 Å². The van der Waals surface area contributed by atoms with E-state index in [0.717, 1.165) is 4.31 Å². The first-order valence-corrected chi connectivity index (χ1v) is 8.99. The summed E-state index contributed by atoms with van der Waals surface area (Å²) in [4.78, 5) is 0.177. The monoisotopic (exact) mass is 365 g/mol. The molecule has 8 heteroatoms. The zero-order valence-corrected chi connectivity index (χ0v) is 15.0. The first kappa shape index (κ1) is 18.3. The summed E-state index contributed by atoms with van der Waals surface area (Å²) in [6.45, 7) is -0.109. The van der Waals surface area contributed by atoms with Crippen molar-refractivity contribution in [2.45, 2.75) is 11.5 Å². The van der Waals surface area contributed by atoms with Crippen LogP contribution in [0.3, 0.4) is 0 Å². The summed E-state index contributed by atoms with van der Waals surface area (Å²) in [5.74, 6) is 0. The molecule has 3 N–H and O–H groups in total. The Morgan fingerprint density at radius 3 is 2.50 bits per heavy atom. The Morgan fingerprint density at radius 1 is 1.12 bits per heavy atom. The van der Waals surface area contributed by atoms with Gasteiger partial charge in [0.15, 0.2) is 5.11 Å². The van der Waals surface area contributed by atoms with Gasteiger partial charge in [0.2, 0.25) is 10.0 Å². The normalized spacial score (nSPS) is 11.3. The molecule has 0 heterocycles. The van der Waals surface area contributed by atoms with Gasteiger partial charge in [-0.3, -0.25) is 0 Å². The second-order valence-corrected chi connectivity index (χ2v) is 7.77. The molecule has 2 rings (SSSR count). The molecule has 0 spiro atoms. The van der Waals surface area contributed by atoms with Gasteiger partial charge in [0.25, 0.3) is 0 Å². The van der Waals surface area contributed by atoms with Gasteiger partial charge in [0.05, 0.1) is 11.5 Å². The lowest BCUT2D eigenvalue weighted by atomic mass is 10.2. The highest BCUT2D eigenvalue weighted by Crippen LogP contribution is 2.19. The number of anilines is 2. The summed E-state index contributed by atoms with van der Waals surface area (Å²) in [5.41, 5.74) is 1.96. The fourth-order valence-corrected chi connectivity index (χ4v) is 3.19. The molecular weight excluding hydrogens is 346 g/mol. The third-order valence-electron chi connectivity index (χ3n) is 3.31. The summed E-state index contributed by atoms with van der Waals surface area (Å²) in [6, 6.07) is 13.6. The van der Waals surface area contributed by atoms with Crippen molar-refractivity contribution in [1.29, 1.82) is 0 Å². The lowest BCUT2D eigenvalue weighted by Crippen LogP contribution is -2.23. The first-order valence-electron chi connectivity index (χ1n) is 7.14. The van der Waals surface area contributed by atoms with Gasteiger partial charge in [-0.05, 0) is 36.5 Å². The maximum atomic E-state index is 12.2. The lowest BCUT2D eigenvalue weighted by Gasteiger charge is -2.15. The van der Waals surface area contributed by atoms with Gasteiger partial charge in [-0.2, -0.15) is 0 Å². The van der Waals surface area contributed by atoms with Crippen LogP contribution < -0.4 is 10.6 Å². The molecule has 6 nitrogen and oxygen atoms in total. The van der Waals surface area contributed by atoms with E-state index < -0.39 is 10.0 Å². The summed E-state index contributed by atoms with van der Waals surface area (Å²) in [7, 11) is -0.549. The largest absolute Gasteiger partial charge is 0.392 e. The Balaban J connectivity index is 2.15. The minimum atomic E-state index is -3.51. The van der Waals surface area contributed by atoms with E-state index in [1.165, 1.54) is 26.2 Å². The number of para-hydroxylation sites is 1. The highest BCUT2D eigenvalue weighted by molar-refractivity contribution is 7.89. The van der Waals surface area contributed by atoms with Crippen LogP contribution in [-0.2, 0) is 16.6 Å². The van der Waals surface area contributed by atoms with Gasteiger partial charge in [-0.25, -0.2) is 12.7 Å². The minimum absolute atomic E-state index is 0.109. The molecule has 2 aromatic rings. The van der Waals surface area contributed by atoms with E-state index in [-0.39, 0.29) is 11.5 Å². The Kier molecular flexibility index (Phi) is 5.89. The molecule has 0 amide bonds. The molecule has 0 aliphatic rings. The Morgan fingerprint density at radius 2 is 1.83 bits per heavy atom. The maximum absolute atomic E-state index is 12.2. The predicted molar refractivity (Wildman–Crippen MR) is 99.5 cm³/mol. The van der Waals surface area contributed by atoms with E-state index in [9.17, 15) is 13.5 Å². The second-order valence-electron chi connectivity index (χ2n) is 5.21. The van der Waals surface area contributed by atoms with Gasteiger partial charge in [-0.1, -0.05) is 24.3 Å². The van der Waals surface area contributed by atoms with Crippen LogP contribution in [0.5, 0.6) is 0 Å². The predicted octanol–water partition coefficient (Wildman–Crippen LogP) is 2.24. The number of nitrogens with one attached hydrogen (secondary N) is 2. The Bertz CT molecular complexity index is 836. The molecule has 0 saturated heterocycles. The van der Waals surface area contributed by atoms with Crippen LogP contribution in [0.1, 0.15) is 5.56 Å². The lowest BCUT2D eigenvalue weighted by molar-refractivity contribution is 0.282. The quantitative estimate of drug-likeness (QED) is 0.705. The molecule has 0 radical (unpaired) electrons. The van der Waals surface area contributed by atoms with Crippen LogP contribution in [0, 0.1) is 0 Å². The third-order valence-corrected chi connectivity index (χ3v) is 5.32. The molecule has 0 unspecified atom stereocenters. The average molecular weight is 365 g/mol. The van der Waals surface area contributed by atoms with E-state index in [4.69, 9.17) is 12.2 Å². The van der Waals surface area contributed by atoms with E-state index in [2.05, 4.69) is 10.6 Å². The molecule has 0 aromatic heterocycles. The fourth-order valence-electron chi connectivity index (χ4n) is 2.01. The molecule has 0 aliphatic carbocycles. The van der Waals surface area contributed by atoms with Crippen molar-refractivity contribution < 1.29 is 13.5 Å². The van der Waals surface area contributed by atoms with E-state index in [1.807, 2.05) is 12.1 Å². The van der Waals surface area contributed by atoms with Crippen LogP contribution in [0.4, 0.5) is 11.4 Å². The highest BCUT2D eigenvalue weighted by Gasteiger charge is 2.17. The van der Waals surface area contributed by atoms with Crippen molar-refractivity contribution in [1.82, 2.24) is 4.31 Å². The zero-order valence-electron chi connectivity index (χ0n) is 13.4.